The van der Waals surface area contributed by atoms with Crippen LogP contribution in [0.5, 0.6) is 0 Å². The van der Waals surface area contributed by atoms with Crippen molar-refractivity contribution in [3.8, 4) is 40.2 Å². The van der Waals surface area contributed by atoms with Crippen molar-refractivity contribution in [2.75, 3.05) is 0 Å². The molecule has 4 aromatic carbocycles. The zero-order chi connectivity index (χ0) is 28.0. The SMILES string of the molecule is C[C@@H]1C[C@@H]2C[C@H](C)CC(c3ccc(-c4nc(-c5ccccc5)nc(-c5ccc(C#N)c6ccccc56)n4)cc3)(C1)C2. The Morgan fingerprint density at radius 1 is 0.634 bits per heavy atom. The molecule has 41 heavy (non-hydrogen) atoms. The molecule has 2 aliphatic carbocycles. The van der Waals surface area contributed by atoms with E-state index in [9.17, 15) is 5.26 Å². The summed E-state index contributed by atoms with van der Waals surface area (Å²) in [6.45, 7) is 4.88. The molecule has 2 saturated carbocycles. The van der Waals surface area contributed by atoms with Crippen molar-refractivity contribution in [2.45, 2.75) is 51.4 Å². The monoisotopic (exact) mass is 534 g/mol. The number of fused-ring (bicyclic) bond motifs is 3. The van der Waals surface area contributed by atoms with E-state index in [1.165, 1.54) is 37.7 Å². The highest BCUT2D eigenvalue weighted by Crippen LogP contribution is 2.54. The van der Waals surface area contributed by atoms with E-state index in [4.69, 9.17) is 15.0 Å². The lowest BCUT2D eigenvalue weighted by Crippen LogP contribution is -2.42. The Labute approximate surface area is 242 Å². The van der Waals surface area contributed by atoms with Gasteiger partial charge in [-0.2, -0.15) is 5.26 Å². The lowest BCUT2D eigenvalue weighted by Gasteiger charge is -2.50. The summed E-state index contributed by atoms with van der Waals surface area (Å²) in [5.41, 5.74) is 5.25. The molecule has 4 nitrogen and oxygen atoms in total. The zero-order valence-electron chi connectivity index (χ0n) is 23.7. The largest absolute Gasteiger partial charge is 0.208 e. The number of hydrogen-bond acceptors (Lipinski definition) is 4. The van der Waals surface area contributed by atoms with Gasteiger partial charge < -0.3 is 0 Å². The van der Waals surface area contributed by atoms with Crippen LogP contribution in [0.2, 0.25) is 0 Å². The van der Waals surface area contributed by atoms with Crippen molar-refractivity contribution in [1.29, 1.82) is 5.26 Å². The van der Waals surface area contributed by atoms with Crippen molar-refractivity contribution in [3.05, 3.63) is 102 Å². The molecular weight excluding hydrogens is 500 g/mol. The van der Waals surface area contributed by atoms with Crippen molar-refractivity contribution < 1.29 is 0 Å². The summed E-state index contributed by atoms with van der Waals surface area (Å²) < 4.78 is 0. The molecule has 1 aromatic heterocycles. The molecule has 0 radical (unpaired) electrons. The molecular formula is C37H34N4. The van der Waals surface area contributed by atoms with Crippen LogP contribution in [0.4, 0.5) is 0 Å². The van der Waals surface area contributed by atoms with Gasteiger partial charge in [0.2, 0.25) is 0 Å². The molecule has 2 fully saturated rings. The van der Waals surface area contributed by atoms with Gasteiger partial charge in [0.15, 0.2) is 17.5 Å². The number of nitriles is 1. The Kier molecular flexibility index (Phi) is 6.39. The molecule has 0 saturated heterocycles. The second-order valence-corrected chi connectivity index (χ2v) is 12.5. The van der Waals surface area contributed by atoms with Crippen LogP contribution in [-0.4, -0.2) is 15.0 Å². The molecule has 0 amide bonds. The highest BCUT2D eigenvalue weighted by molar-refractivity contribution is 5.98. The summed E-state index contributed by atoms with van der Waals surface area (Å²) >= 11 is 0. The molecule has 0 N–H and O–H groups in total. The zero-order valence-corrected chi connectivity index (χ0v) is 23.7. The van der Waals surface area contributed by atoms with E-state index >= 15 is 0 Å². The first-order valence-corrected chi connectivity index (χ1v) is 14.9. The molecule has 1 unspecified atom stereocenters. The van der Waals surface area contributed by atoms with Crippen LogP contribution in [0.15, 0.2) is 91.0 Å². The highest BCUT2D eigenvalue weighted by atomic mass is 15.0. The van der Waals surface area contributed by atoms with Gasteiger partial charge in [0.1, 0.15) is 0 Å². The number of aromatic nitrogens is 3. The summed E-state index contributed by atoms with van der Waals surface area (Å²) in [6.07, 6.45) is 6.65. The van der Waals surface area contributed by atoms with Crippen LogP contribution in [0.3, 0.4) is 0 Å². The average Bonchev–Trinajstić information content (AvgIpc) is 3.00. The van der Waals surface area contributed by atoms with E-state index in [0.717, 1.165) is 45.2 Å². The fourth-order valence-electron chi connectivity index (χ4n) is 7.96. The summed E-state index contributed by atoms with van der Waals surface area (Å²) in [5.74, 6) is 4.33. The molecule has 1 heterocycles. The molecule has 5 aromatic rings. The minimum atomic E-state index is 0.291. The average molecular weight is 535 g/mol. The Morgan fingerprint density at radius 3 is 1.88 bits per heavy atom. The van der Waals surface area contributed by atoms with Crippen molar-refractivity contribution in [2.24, 2.45) is 17.8 Å². The smallest absolute Gasteiger partial charge is 0.164 e. The van der Waals surface area contributed by atoms with Gasteiger partial charge in [-0.15, -0.1) is 0 Å². The quantitative estimate of drug-likeness (QED) is 0.231. The fraction of sp³-hybridized carbons (Fsp3) is 0.297. The molecule has 7 rings (SSSR count). The molecule has 0 aliphatic heterocycles. The lowest BCUT2D eigenvalue weighted by atomic mass is 9.54. The van der Waals surface area contributed by atoms with Crippen LogP contribution in [0.25, 0.3) is 44.9 Å². The summed E-state index contributed by atoms with van der Waals surface area (Å²) in [4.78, 5) is 14.9. The third kappa shape index (κ3) is 4.70. The van der Waals surface area contributed by atoms with Crippen LogP contribution in [0, 0.1) is 29.1 Å². The third-order valence-corrected chi connectivity index (χ3v) is 9.34. The van der Waals surface area contributed by atoms with Gasteiger partial charge in [-0.1, -0.05) is 92.7 Å². The van der Waals surface area contributed by atoms with Gasteiger partial charge in [-0.25, -0.2) is 15.0 Å². The highest BCUT2D eigenvalue weighted by Gasteiger charge is 2.45. The van der Waals surface area contributed by atoms with E-state index in [1.807, 2.05) is 66.7 Å². The molecule has 4 heteroatoms. The maximum Gasteiger partial charge on any atom is 0.164 e. The normalized spacial score (nSPS) is 23.7. The molecule has 2 bridgehead atoms. The van der Waals surface area contributed by atoms with E-state index in [2.05, 4.69) is 44.2 Å². The van der Waals surface area contributed by atoms with Gasteiger partial charge in [0.05, 0.1) is 11.6 Å². The van der Waals surface area contributed by atoms with Gasteiger partial charge >= 0.3 is 0 Å². The van der Waals surface area contributed by atoms with E-state index in [0.29, 0.717) is 28.5 Å². The Hall–Kier alpha value is -4.36. The van der Waals surface area contributed by atoms with Crippen LogP contribution in [0.1, 0.15) is 57.1 Å². The Balaban J connectivity index is 1.34. The fourth-order valence-corrected chi connectivity index (χ4v) is 7.96. The number of rotatable bonds is 4. The first kappa shape index (κ1) is 25.6. The van der Waals surface area contributed by atoms with Gasteiger partial charge in [0, 0.05) is 22.1 Å². The number of nitrogens with zero attached hydrogens (tertiary/aromatic N) is 4. The first-order chi connectivity index (χ1) is 20.0. The van der Waals surface area contributed by atoms with Crippen molar-refractivity contribution >= 4 is 10.8 Å². The summed E-state index contributed by atoms with van der Waals surface area (Å²) in [6, 6.07) is 33.3. The topological polar surface area (TPSA) is 62.5 Å². The Morgan fingerprint density at radius 2 is 1.22 bits per heavy atom. The summed E-state index contributed by atoms with van der Waals surface area (Å²) in [5, 5.41) is 11.6. The minimum absolute atomic E-state index is 0.291. The predicted octanol–water partition coefficient (Wildman–Crippen LogP) is 9.00. The standard InChI is InChI=1S/C37H34N4/c1-24-18-26-19-25(2)21-37(20-24,22-26)30-15-12-28(13-16-30)35-39-34(27-8-4-3-5-9-27)40-36(41-35)33-17-14-29(23-38)31-10-6-7-11-32(31)33/h3-17,24-26H,18-22H2,1-2H3/t24-,25+,26-,37?. The first-order valence-electron chi connectivity index (χ1n) is 14.9. The predicted molar refractivity (Wildman–Crippen MR) is 165 cm³/mol. The van der Waals surface area contributed by atoms with E-state index < -0.39 is 0 Å². The van der Waals surface area contributed by atoms with Gasteiger partial charge in [-0.3, -0.25) is 0 Å². The van der Waals surface area contributed by atoms with Gasteiger partial charge in [0.25, 0.3) is 0 Å². The summed E-state index contributed by atoms with van der Waals surface area (Å²) in [7, 11) is 0. The minimum Gasteiger partial charge on any atom is -0.208 e. The Bertz CT molecular complexity index is 1750. The van der Waals surface area contributed by atoms with E-state index in [-0.39, 0.29) is 0 Å². The van der Waals surface area contributed by atoms with Gasteiger partial charge in [-0.05, 0) is 78.4 Å². The second-order valence-electron chi connectivity index (χ2n) is 12.5. The molecule has 0 spiro atoms. The second kappa shape index (κ2) is 10.2. The molecule has 4 atom stereocenters. The van der Waals surface area contributed by atoms with E-state index in [1.54, 1.807) is 0 Å². The molecule has 202 valence electrons. The van der Waals surface area contributed by atoms with Crippen molar-refractivity contribution in [1.82, 2.24) is 15.0 Å². The molecule has 2 aliphatic rings. The maximum absolute atomic E-state index is 9.69. The third-order valence-electron chi connectivity index (χ3n) is 9.34. The van der Waals surface area contributed by atoms with Crippen LogP contribution in [-0.2, 0) is 5.41 Å². The van der Waals surface area contributed by atoms with Crippen molar-refractivity contribution in [3.63, 3.8) is 0 Å². The number of hydrogen-bond donors (Lipinski definition) is 0. The van der Waals surface area contributed by atoms with Crippen LogP contribution < -0.4 is 0 Å². The lowest BCUT2D eigenvalue weighted by molar-refractivity contribution is 0.0780. The van der Waals surface area contributed by atoms with Crippen LogP contribution >= 0.6 is 0 Å². The number of benzene rings is 4. The maximum atomic E-state index is 9.69.